The highest BCUT2D eigenvalue weighted by molar-refractivity contribution is 5.28. The highest BCUT2D eigenvalue weighted by Crippen LogP contribution is 2.28. The van der Waals surface area contributed by atoms with E-state index in [0.717, 1.165) is 31.0 Å². The summed E-state index contributed by atoms with van der Waals surface area (Å²) in [5.74, 6) is 1.24. The molecule has 17 heavy (non-hydrogen) atoms. The molecule has 0 saturated carbocycles. The van der Waals surface area contributed by atoms with Crippen LogP contribution in [0.1, 0.15) is 25.0 Å². The van der Waals surface area contributed by atoms with Crippen molar-refractivity contribution in [2.24, 2.45) is 5.73 Å². The third-order valence-electron chi connectivity index (χ3n) is 2.89. The van der Waals surface area contributed by atoms with Crippen molar-refractivity contribution in [2.75, 3.05) is 34.3 Å². The molecule has 0 saturated heterocycles. The Morgan fingerprint density at radius 3 is 2.76 bits per heavy atom. The van der Waals surface area contributed by atoms with Gasteiger partial charge in [-0.15, -0.1) is 0 Å². The molecule has 0 spiro atoms. The molecule has 0 amide bonds. The minimum absolute atomic E-state index is 0.375. The number of hydrogen-bond donors (Lipinski definition) is 1. The molecule has 0 radical (unpaired) electrons. The third kappa shape index (κ3) is 3.71. The predicted molar refractivity (Wildman–Crippen MR) is 69.4 cm³/mol. The summed E-state index contributed by atoms with van der Waals surface area (Å²) < 4.78 is 7.39. The molecule has 1 rings (SSSR count). The maximum absolute atomic E-state index is 5.62. The smallest absolute Gasteiger partial charge is 0.160 e. The summed E-state index contributed by atoms with van der Waals surface area (Å²) in [5.41, 5.74) is 6.77. The van der Waals surface area contributed by atoms with E-state index in [2.05, 4.69) is 31.0 Å². The maximum atomic E-state index is 5.62. The largest absolute Gasteiger partial charge is 0.493 e. The lowest BCUT2D eigenvalue weighted by Crippen LogP contribution is -2.21. The van der Waals surface area contributed by atoms with Crippen molar-refractivity contribution in [1.82, 2.24) is 14.7 Å². The van der Waals surface area contributed by atoms with Crippen molar-refractivity contribution < 1.29 is 4.74 Å². The molecular formula is C12H24N4O. The van der Waals surface area contributed by atoms with Crippen molar-refractivity contribution in [3.63, 3.8) is 0 Å². The Morgan fingerprint density at radius 2 is 2.24 bits per heavy atom. The van der Waals surface area contributed by atoms with Gasteiger partial charge in [-0.3, -0.25) is 4.68 Å². The molecule has 5 nitrogen and oxygen atoms in total. The van der Waals surface area contributed by atoms with Crippen molar-refractivity contribution in [3.8, 4) is 5.75 Å². The number of hydrogen-bond acceptors (Lipinski definition) is 4. The summed E-state index contributed by atoms with van der Waals surface area (Å²) in [6.07, 6.45) is 2.74. The van der Waals surface area contributed by atoms with Gasteiger partial charge in [-0.25, -0.2) is 0 Å². The minimum Gasteiger partial charge on any atom is -0.493 e. The lowest BCUT2D eigenvalue weighted by Gasteiger charge is -2.16. The standard InChI is InChI=1S/C12H24N4O/c1-10(5-6-13)12-11(17-4)9-14-16(12)8-7-15(2)3/h9-10H,5-8,13H2,1-4H3. The molecule has 98 valence electrons. The van der Waals surface area contributed by atoms with Crippen molar-refractivity contribution in [1.29, 1.82) is 0 Å². The van der Waals surface area contributed by atoms with E-state index < -0.39 is 0 Å². The molecule has 1 atom stereocenters. The van der Waals surface area contributed by atoms with E-state index in [1.54, 1.807) is 13.3 Å². The molecule has 1 aromatic rings. The van der Waals surface area contributed by atoms with Gasteiger partial charge in [0.25, 0.3) is 0 Å². The quantitative estimate of drug-likeness (QED) is 0.769. The van der Waals surface area contributed by atoms with E-state index in [9.17, 15) is 0 Å². The average molecular weight is 240 g/mol. The van der Waals surface area contributed by atoms with Gasteiger partial charge in [-0.2, -0.15) is 5.10 Å². The van der Waals surface area contributed by atoms with Crippen LogP contribution in [0.15, 0.2) is 6.20 Å². The molecule has 1 unspecified atom stereocenters. The van der Waals surface area contributed by atoms with Crippen LogP contribution in [0.3, 0.4) is 0 Å². The molecule has 0 bridgehead atoms. The summed E-state index contributed by atoms with van der Waals surface area (Å²) in [6, 6.07) is 0. The zero-order valence-electron chi connectivity index (χ0n) is 11.3. The van der Waals surface area contributed by atoms with Gasteiger partial charge in [0.05, 0.1) is 25.5 Å². The number of nitrogens with zero attached hydrogens (tertiary/aromatic N) is 3. The topological polar surface area (TPSA) is 56.3 Å². The van der Waals surface area contributed by atoms with Crippen LogP contribution in [0.5, 0.6) is 5.75 Å². The third-order valence-corrected chi connectivity index (χ3v) is 2.89. The first kappa shape index (κ1) is 14.0. The number of rotatable bonds is 7. The highest BCUT2D eigenvalue weighted by Gasteiger charge is 2.17. The number of ether oxygens (including phenoxy) is 1. The molecular weight excluding hydrogens is 216 g/mol. The van der Waals surface area contributed by atoms with E-state index in [-0.39, 0.29) is 0 Å². The molecule has 2 N–H and O–H groups in total. The fourth-order valence-electron chi connectivity index (χ4n) is 1.89. The monoisotopic (exact) mass is 240 g/mol. The summed E-state index contributed by atoms with van der Waals surface area (Å²) in [5, 5.41) is 4.39. The normalized spacial score (nSPS) is 13.1. The second-order valence-corrected chi connectivity index (χ2v) is 4.60. The lowest BCUT2D eigenvalue weighted by atomic mass is 10.0. The van der Waals surface area contributed by atoms with Gasteiger partial charge in [0.15, 0.2) is 5.75 Å². The van der Waals surface area contributed by atoms with E-state index in [0.29, 0.717) is 12.5 Å². The zero-order chi connectivity index (χ0) is 12.8. The number of aromatic nitrogens is 2. The van der Waals surface area contributed by atoms with Crippen molar-refractivity contribution >= 4 is 0 Å². The van der Waals surface area contributed by atoms with Crippen LogP contribution in [0.4, 0.5) is 0 Å². The molecule has 0 aliphatic heterocycles. The fraction of sp³-hybridized carbons (Fsp3) is 0.750. The van der Waals surface area contributed by atoms with Gasteiger partial charge < -0.3 is 15.4 Å². The van der Waals surface area contributed by atoms with E-state index >= 15 is 0 Å². The van der Waals surface area contributed by atoms with E-state index in [4.69, 9.17) is 10.5 Å². The van der Waals surface area contributed by atoms with Crippen molar-refractivity contribution in [2.45, 2.75) is 25.8 Å². The molecule has 5 heteroatoms. The highest BCUT2D eigenvalue weighted by atomic mass is 16.5. The summed E-state index contributed by atoms with van der Waals surface area (Å²) in [6.45, 7) is 4.69. The molecule has 0 fully saturated rings. The Balaban J connectivity index is 2.85. The number of likely N-dealkylation sites (N-methyl/N-ethyl adjacent to an activating group) is 1. The molecule has 1 heterocycles. The molecule has 0 aromatic carbocycles. The van der Waals surface area contributed by atoms with Crippen LogP contribution >= 0.6 is 0 Å². The zero-order valence-corrected chi connectivity index (χ0v) is 11.3. The first-order valence-corrected chi connectivity index (χ1v) is 6.04. The second-order valence-electron chi connectivity index (χ2n) is 4.60. The molecule has 0 aliphatic carbocycles. The lowest BCUT2D eigenvalue weighted by molar-refractivity contribution is 0.361. The van der Waals surface area contributed by atoms with Crippen LogP contribution in [0.25, 0.3) is 0 Å². The second kappa shape index (κ2) is 6.61. The summed E-state index contributed by atoms with van der Waals surface area (Å²) in [7, 11) is 5.80. The average Bonchev–Trinajstić information content (AvgIpc) is 2.69. The van der Waals surface area contributed by atoms with Gasteiger partial charge in [0, 0.05) is 12.5 Å². The Labute approximate surface area is 104 Å². The van der Waals surface area contributed by atoms with Gasteiger partial charge >= 0.3 is 0 Å². The Kier molecular flexibility index (Phi) is 5.44. The van der Waals surface area contributed by atoms with Crippen LogP contribution in [0.2, 0.25) is 0 Å². The Morgan fingerprint density at radius 1 is 1.53 bits per heavy atom. The maximum Gasteiger partial charge on any atom is 0.160 e. The van der Waals surface area contributed by atoms with E-state index in [1.807, 2.05) is 4.68 Å². The summed E-state index contributed by atoms with van der Waals surface area (Å²) in [4.78, 5) is 2.14. The van der Waals surface area contributed by atoms with Crippen LogP contribution in [0, 0.1) is 0 Å². The Hall–Kier alpha value is -1.07. The van der Waals surface area contributed by atoms with Gasteiger partial charge in [-0.1, -0.05) is 6.92 Å². The molecule has 0 aliphatic rings. The summed E-state index contributed by atoms with van der Waals surface area (Å²) >= 11 is 0. The first-order valence-electron chi connectivity index (χ1n) is 6.04. The van der Waals surface area contributed by atoms with Crippen LogP contribution in [-0.2, 0) is 6.54 Å². The van der Waals surface area contributed by atoms with Crippen molar-refractivity contribution in [3.05, 3.63) is 11.9 Å². The predicted octanol–water partition coefficient (Wildman–Crippen LogP) is 0.906. The number of methoxy groups -OCH3 is 1. The Bertz CT molecular complexity index is 335. The minimum atomic E-state index is 0.375. The van der Waals surface area contributed by atoms with Gasteiger partial charge in [-0.05, 0) is 27.1 Å². The molecule has 1 aromatic heterocycles. The van der Waals surface area contributed by atoms with Gasteiger partial charge in [0.1, 0.15) is 0 Å². The van der Waals surface area contributed by atoms with Gasteiger partial charge in [0.2, 0.25) is 0 Å². The SMILES string of the molecule is COc1cnn(CCN(C)C)c1C(C)CCN. The fourth-order valence-corrected chi connectivity index (χ4v) is 1.89. The van der Waals surface area contributed by atoms with Crippen LogP contribution in [-0.4, -0.2) is 49.0 Å². The number of nitrogens with two attached hydrogens (primary N) is 1. The van der Waals surface area contributed by atoms with Crippen LogP contribution < -0.4 is 10.5 Å². The van der Waals surface area contributed by atoms with E-state index in [1.165, 1.54) is 0 Å². The first-order chi connectivity index (χ1) is 8.10.